The van der Waals surface area contributed by atoms with Crippen molar-refractivity contribution in [2.24, 2.45) is 28.7 Å². The van der Waals surface area contributed by atoms with E-state index < -0.39 is 0 Å². The maximum absolute atomic E-state index is 4.94. The molecule has 0 bridgehead atoms. The number of hydrogen-bond acceptors (Lipinski definition) is 1. The quantitative estimate of drug-likeness (QED) is 0.497. The molecule has 0 aromatic rings. The minimum Gasteiger partial charge on any atom is -0.282 e. The van der Waals surface area contributed by atoms with Gasteiger partial charge in [0.2, 0.25) is 0 Å². The minimum absolute atomic E-state index is 0.0898. The lowest BCUT2D eigenvalue weighted by atomic mass is 9.67. The zero-order valence-electron chi connectivity index (χ0n) is 14.5. The lowest BCUT2D eigenvalue weighted by molar-refractivity contribution is 0.157. The van der Waals surface area contributed by atoms with Crippen molar-refractivity contribution in [3.05, 3.63) is 12.2 Å². The smallest absolute Gasteiger partial charge is 0.0821 e. The fourth-order valence-electron chi connectivity index (χ4n) is 3.64. The normalized spacial score (nSPS) is 26.1. The van der Waals surface area contributed by atoms with Crippen LogP contribution in [-0.2, 0) is 0 Å². The lowest BCUT2D eigenvalue weighted by Crippen LogP contribution is -2.39. The van der Waals surface area contributed by atoms with Crippen LogP contribution in [0.25, 0.3) is 0 Å². The molecular weight excluding hydrogens is 242 g/mol. The van der Waals surface area contributed by atoms with Gasteiger partial charge in [-0.15, -0.1) is 0 Å². The van der Waals surface area contributed by atoms with Gasteiger partial charge in [0.1, 0.15) is 0 Å². The van der Waals surface area contributed by atoms with Crippen LogP contribution in [0.2, 0.25) is 0 Å². The summed E-state index contributed by atoms with van der Waals surface area (Å²) in [6, 6.07) is 0. The molecule has 0 amide bonds. The highest BCUT2D eigenvalue weighted by Crippen LogP contribution is 2.42. The molecule has 4 atom stereocenters. The van der Waals surface area contributed by atoms with Gasteiger partial charge in [0.25, 0.3) is 0 Å². The first-order valence-corrected chi connectivity index (χ1v) is 8.69. The van der Waals surface area contributed by atoms with Crippen LogP contribution in [0, 0.1) is 23.7 Å². The second kappa shape index (κ2) is 8.00. The third-order valence-corrected chi connectivity index (χ3v) is 5.31. The van der Waals surface area contributed by atoms with Crippen LogP contribution >= 0.6 is 0 Å². The lowest BCUT2D eigenvalue weighted by Gasteiger charge is -2.40. The predicted octanol–water partition coefficient (Wildman–Crippen LogP) is 5.90. The van der Waals surface area contributed by atoms with E-state index in [1.807, 2.05) is 6.21 Å². The Morgan fingerprint density at radius 2 is 1.75 bits per heavy atom. The van der Waals surface area contributed by atoms with Gasteiger partial charge in [-0.1, -0.05) is 66.9 Å². The second-order valence-electron chi connectivity index (χ2n) is 7.20. The molecule has 0 spiro atoms. The van der Waals surface area contributed by atoms with Gasteiger partial charge in [-0.25, -0.2) is 0 Å². The first-order valence-electron chi connectivity index (χ1n) is 8.69. The van der Waals surface area contributed by atoms with Crippen LogP contribution in [0.4, 0.5) is 0 Å². The highest BCUT2D eigenvalue weighted by Gasteiger charge is 2.40. The van der Waals surface area contributed by atoms with E-state index in [1.54, 1.807) is 0 Å². The molecule has 1 nitrogen and oxygen atoms in total. The molecule has 1 aliphatic heterocycles. The van der Waals surface area contributed by atoms with Gasteiger partial charge in [0, 0.05) is 6.21 Å². The fourth-order valence-corrected chi connectivity index (χ4v) is 3.64. The first kappa shape index (κ1) is 17.5. The predicted molar refractivity (Wildman–Crippen MR) is 91.5 cm³/mol. The summed E-state index contributed by atoms with van der Waals surface area (Å²) in [5.41, 5.74) is 0.0898. The van der Waals surface area contributed by atoms with Crippen molar-refractivity contribution >= 4 is 6.21 Å². The summed E-state index contributed by atoms with van der Waals surface area (Å²) in [7, 11) is 0. The SMILES string of the molecule is CCCC1(C(CCC(C)C)C(C)C(C)CC)C=CC=N1. The van der Waals surface area contributed by atoms with Gasteiger partial charge < -0.3 is 0 Å². The van der Waals surface area contributed by atoms with Gasteiger partial charge in [0.05, 0.1) is 5.54 Å². The molecule has 0 aromatic heterocycles. The van der Waals surface area contributed by atoms with Gasteiger partial charge >= 0.3 is 0 Å². The number of nitrogens with zero attached hydrogens (tertiary/aromatic N) is 1. The van der Waals surface area contributed by atoms with E-state index in [4.69, 9.17) is 4.99 Å². The largest absolute Gasteiger partial charge is 0.282 e. The van der Waals surface area contributed by atoms with Crippen molar-refractivity contribution in [3.63, 3.8) is 0 Å². The molecule has 20 heavy (non-hydrogen) atoms. The van der Waals surface area contributed by atoms with Crippen LogP contribution in [0.3, 0.4) is 0 Å². The standard InChI is InChI=1S/C19H35N/c1-7-12-19(13-9-14-20-19)18(11-10-15(3)4)17(6)16(5)8-2/h9,13-18H,7-8,10-12H2,1-6H3. The van der Waals surface area contributed by atoms with E-state index in [0.717, 1.165) is 17.8 Å². The van der Waals surface area contributed by atoms with Crippen LogP contribution < -0.4 is 0 Å². The van der Waals surface area contributed by atoms with E-state index in [1.165, 1.54) is 32.1 Å². The molecule has 0 aliphatic carbocycles. The molecule has 4 unspecified atom stereocenters. The third kappa shape index (κ3) is 4.20. The Labute approximate surface area is 127 Å². The monoisotopic (exact) mass is 277 g/mol. The van der Waals surface area contributed by atoms with Crippen molar-refractivity contribution in [1.82, 2.24) is 0 Å². The molecule has 0 fully saturated rings. The van der Waals surface area contributed by atoms with Crippen LogP contribution in [-0.4, -0.2) is 11.8 Å². The van der Waals surface area contributed by atoms with Crippen molar-refractivity contribution in [1.29, 1.82) is 0 Å². The maximum Gasteiger partial charge on any atom is 0.0821 e. The summed E-state index contributed by atoms with van der Waals surface area (Å²) in [6.45, 7) is 14.2. The molecule has 0 N–H and O–H groups in total. The summed E-state index contributed by atoms with van der Waals surface area (Å²) in [5.74, 6) is 3.00. The Kier molecular flexibility index (Phi) is 6.99. The highest BCUT2D eigenvalue weighted by atomic mass is 14.9. The number of allylic oxidation sites excluding steroid dienone is 1. The van der Waals surface area contributed by atoms with Gasteiger partial charge in [-0.2, -0.15) is 0 Å². The minimum atomic E-state index is 0.0898. The van der Waals surface area contributed by atoms with Crippen molar-refractivity contribution in [3.8, 4) is 0 Å². The van der Waals surface area contributed by atoms with Crippen LogP contribution in [0.5, 0.6) is 0 Å². The zero-order chi connectivity index (χ0) is 15.2. The number of hydrogen-bond donors (Lipinski definition) is 0. The third-order valence-electron chi connectivity index (χ3n) is 5.31. The molecule has 0 aromatic carbocycles. The van der Waals surface area contributed by atoms with Gasteiger partial charge in [0.15, 0.2) is 0 Å². The Balaban J connectivity index is 2.95. The Hall–Kier alpha value is -0.590. The average molecular weight is 277 g/mol. The number of rotatable bonds is 9. The van der Waals surface area contributed by atoms with E-state index in [0.29, 0.717) is 5.92 Å². The molecule has 1 heteroatoms. The van der Waals surface area contributed by atoms with Crippen molar-refractivity contribution in [2.45, 2.75) is 79.2 Å². The van der Waals surface area contributed by atoms with E-state index in [2.05, 4.69) is 53.7 Å². The summed E-state index contributed by atoms with van der Waals surface area (Å²) in [5, 5.41) is 0. The zero-order valence-corrected chi connectivity index (χ0v) is 14.5. The Bertz CT molecular complexity index is 315. The first-order chi connectivity index (χ1) is 9.46. The molecule has 1 rings (SSSR count). The van der Waals surface area contributed by atoms with Gasteiger partial charge in [-0.3, -0.25) is 4.99 Å². The topological polar surface area (TPSA) is 12.4 Å². The molecule has 0 saturated heterocycles. The second-order valence-corrected chi connectivity index (χ2v) is 7.20. The molecular formula is C19H35N. The fraction of sp³-hybridized carbons (Fsp3) is 0.842. The van der Waals surface area contributed by atoms with Crippen LogP contribution in [0.15, 0.2) is 17.1 Å². The average Bonchev–Trinajstić information content (AvgIpc) is 2.87. The highest BCUT2D eigenvalue weighted by molar-refractivity contribution is 5.75. The summed E-state index contributed by atoms with van der Waals surface area (Å²) >= 11 is 0. The van der Waals surface area contributed by atoms with Crippen LogP contribution in [0.1, 0.15) is 73.6 Å². The summed E-state index contributed by atoms with van der Waals surface area (Å²) in [6.07, 6.45) is 12.9. The maximum atomic E-state index is 4.94. The van der Waals surface area contributed by atoms with Crippen molar-refractivity contribution in [2.75, 3.05) is 0 Å². The van der Waals surface area contributed by atoms with Crippen molar-refractivity contribution < 1.29 is 0 Å². The molecule has 0 saturated carbocycles. The number of aliphatic imine (C=N–C) groups is 1. The Morgan fingerprint density at radius 3 is 2.20 bits per heavy atom. The van der Waals surface area contributed by atoms with E-state index >= 15 is 0 Å². The van der Waals surface area contributed by atoms with E-state index in [9.17, 15) is 0 Å². The molecule has 116 valence electrons. The summed E-state index contributed by atoms with van der Waals surface area (Å²) in [4.78, 5) is 4.94. The summed E-state index contributed by atoms with van der Waals surface area (Å²) < 4.78 is 0. The Morgan fingerprint density at radius 1 is 1.05 bits per heavy atom. The molecule has 0 radical (unpaired) electrons. The van der Waals surface area contributed by atoms with E-state index in [-0.39, 0.29) is 5.54 Å². The molecule has 1 heterocycles. The van der Waals surface area contributed by atoms with Gasteiger partial charge in [-0.05, 0) is 42.6 Å². The molecule has 1 aliphatic rings.